The molecule has 0 bridgehead atoms. The molecule has 5 heteroatoms. The number of methoxy groups -OCH3 is 1. The van der Waals surface area contributed by atoms with Gasteiger partial charge in [-0.1, -0.05) is 18.2 Å². The lowest BCUT2D eigenvalue weighted by Crippen LogP contribution is -2.14. The van der Waals surface area contributed by atoms with E-state index in [0.717, 1.165) is 11.3 Å². The molecule has 1 aromatic heterocycles. The maximum Gasteiger partial charge on any atom is 0.233 e. The minimum atomic E-state index is -0.313. The number of aromatic nitrogens is 2. The van der Waals surface area contributed by atoms with Gasteiger partial charge in [0, 0.05) is 13.3 Å². The fraction of sp³-hybridized carbons (Fsp3) is 0.333. The van der Waals surface area contributed by atoms with Crippen LogP contribution < -0.4 is 10.5 Å². The second kappa shape index (κ2) is 4.97. The molecular formula is C12H15N3O2. The molecule has 1 aromatic carbocycles. The normalized spacial score (nSPS) is 12.4. The Morgan fingerprint density at radius 3 is 2.76 bits per heavy atom. The summed E-state index contributed by atoms with van der Waals surface area (Å²) >= 11 is 0. The van der Waals surface area contributed by atoms with Crippen LogP contribution in [0.3, 0.4) is 0 Å². The second-order valence-electron chi connectivity index (χ2n) is 3.78. The van der Waals surface area contributed by atoms with Crippen molar-refractivity contribution in [2.75, 3.05) is 7.11 Å². The molecule has 0 amide bonds. The summed E-state index contributed by atoms with van der Waals surface area (Å²) in [5.41, 5.74) is 7.04. The van der Waals surface area contributed by atoms with E-state index >= 15 is 0 Å². The molecule has 17 heavy (non-hydrogen) atoms. The van der Waals surface area contributed by atoms with Crippen molar-refractivity contribution in [2.24, 2.45) is 5.73 Å². The number of hydrogen-bond acceptors (Lipinski definition) is 5. The van der Waals surface area contributed by atoms with Crippen molar-refractivity contribution in [3.8, 4) is 5.75 Å². The van der Waals surface area contributed by atoms with E-state index in [2.05, 4.69) is 10.2 Å². The first-order valence-corrected chi connectivity index (χ1v) is 5.38. The highest BCUT2D eigenvalue weighted by Gasteiger charge is 2.15. The minimum Gasteiger partial charge on any atom is -0.496 e. The molecule has 2 N–H and O–H groups in total. The summed E-state index contributed by atoms with van der Waals surface area (Å²) in [4.78, 5) is 0. The van der Waals surface area contributed by atoms with Crippen LogP contribution in [-0.2, 0) is 6.42 Å². The third-order valence-corrected chi connectivity index (χ3v) is 2.49. The van der Waals surface area contributed by atoms with Gasteiger partial charge in [-0.3, -0.25) is 0 Å². The summed E-state index contributed by atoms with van der Waals surface area (Å²) in [7, 11) is 1.64. The van der Waals surface area contributed by atoms with E-state index in [0.29, 0.717) is 18.2 Å². The number of nitrogens with two attached hydrogens (primary N) is 1. The topological polar surface area (TPSA) is 74.2 Å². The van der Waals surface area contributed by atoms with Crippen LogP contribution >= 0.6 is 0 Å². The highest BCUT2D eigenvalue weighted by atomic mass is 16.5. The maximum atomic E-state index is 6.01. The molecule has 5 nitrogen and oxygen atoms in total. The summed E-state index contributed by atoms with van der Waals surface area (Å²) < 4.78 is 10.6. The Bertz CT molecular complexity index is 496. The number of para-hydroxylation sites is 1. The molecule has 1 unspecified atom stereocenters. The van der Waals surface area contributed by atoms with Crippen molar-refractivity contribution >= 4 is 0 Å². The average molecular weight is 233 g/mol. The molecule has 2 aromatic rings. The zero-order chi connectivity index (χ0) is 12.3. The lowest BCUT2D eigenvalue weighted by atomic mass is 10.1. The zero-order valence-corrected chi connectivity index (χ0v) is 9.88. The molecular weight excluding hydrogens is 218 g/mol. The van der Waals surface area contributed by atoms with Gasteiger partial charge in [0.05, 0.1) is 13.2 Å². The van der Waals surface area contributed by atoms with Gasteiger partial charge >= 0.3 is 0 Å². The van der Waals surface area contributed by atoms with Gasteiger partial charge in [-0.15, -0.1) is 10.2 Å². The molecule has 0 fully saturated rings. The Morgan fingerprint density at radius 1 is 1.35 bits per heavy atom. The molecule has 2 rings (SSSR count). The molecule has 0 aliphatic carbocycles. The fourth-order valence-electron chi connectivity index (χ4n) is 1.66. The number of nitrogens with zero attached hydrogens (tertiary/aromatic N) is 2. The van der Waals surface area contributed by atoms with Crippen LogP contribution in [0, 0.1) is 6.92 Å². The van der Waals surface area contributed by atoms with Gasteiger partial charge in [0.1, 0.15) is 5.75 Å². The van der Waals surface area contributed by atoms with Crippen LogP contribution in [0.4, 0.5) is 0 Å². The zero-order valence-electron chi connectivity index (χ0n) is 9.88. The molecule has 0 saturated heterocycles. The van der Waals surface area contributed by atoms with Gasteiger partial charge in [-0.25, -0.2) is 0 Å². The van der Waals surface area contributed by atoms with Crippen LogP contribution in [0.25, 0.3) is 0 Å². The van der Waals surface area contributed by atoms with E-state index in [1.165, 1.54) is 0 Å². The highest BCUT2D eigenvalue weighted by molar-refractivity contribution is 5.34. The van der Waals surface area contributed by atoms with E-state index in [-0.39, 0.29) is 6.04 Å². The Hall–Kier alpha value is -1.88. The predicted molar refractivity (Wildman–Crippen MR) is 62.7 cm³/mol. The van der Waals surface area contributed by atoms with Crippen molar-refractivity contribution in [1.82, 2.24) is 10.2 Å². The Balaban J connectivity index is 2.15. The molecule has 0 saturated carbocycles. The summed E-state index contributed by atoms with van der Waals surface area (Å²) in [5, 5.41) is 7.68. The summed E-state index contributed by atoms with van der Waals surface area (Å²) in [6.45, 7) is 1.74. The SMILES string of the molecule is COc1ccccc1CC(N)c1nnc(C)o1. The predicted octanol–water partition coefficient (Wildman–Crippen LogP) is 1.63. The van der Waals surface area contributed by atoms with E-state index in [4.69, 9.17) is 14.9 Å². The highest BCUT2D eigenvalue weighted by Crippen LogP contribution is 2.22. The van der Waals surface area contributed by atoms with Gasteiger partial charge < -0.3 is 14.9 Å². The fourth-order valence-corrected chi connectivity index (χ4v) is 1.66. The number of rotatable bonds is 4. The summed E-state index contributed by atoms with van der Waals surface area (Å²) in [6, 6.07) is 7.43. The Labute approximate surface area is 99.6 Å². The second-order valence-corrected chi connectivity index (χ2v) is 3.78. The standard InChI is InChI=1S/C12H15N3O2/c1-8-14-15-12(17-8)10(13)7-9-5-3-4-6-11(9)16-2/h3-6,10H,7,13H2,1-2H3. The molecule has 0 spiro atoms. The summed E-state index contributed by atoms with van der Waals surface area (Å²) in [6.07, 6.45) is 0.603. The van der Waals surface area contributed by atoms with Gasteiger partial charge in [0.2, 0.25) is 11.8 Å². The third-order valence-electron chi connectivity index (χ3n) is 2.49. The van der Waals surface area contributed by atoms with E-state index in [1.54, 1.807) is 14.0 Å². The molecule has 1 atom stereocenters. The van der Waals surface area contributed by atoms with Crippen molar-refractivity contribution in [3.05, 3.63) is 41.6 Å². The van der Waals surface area contributed by atoms with Gasteiger partial charge in [0.15, 0.2) is 0 Å². The van der Waals surface area contributed by atoms with Crippen molar-refractivity contribution in [3.63, 3.8) is 0 Å². The van der Waals surface area contributed by atoms with Crippen molar-refractivity contribution in [2.45, 2.75) is 19.4 Å². The molecule has 90 valence electrons. The van der Waals surface area contributed by atoms with Crippen LogP contribution in [0.5, 0.6) is 5.75 Å². The van der Waals surface area contributed by atoms with Crippen LogP contribution in [0.1, 0.15) is 23.4 Å². The Morgan fingerprint density at radius 2 is 2.12 bits per heavy atom. The minimum absolute atomic E-state index is 0.313. The average Bonchev–Trinajstić information content (AvgIpc) is 2.77. The van der Waals surface area contributed by atoms with Crippen molar-refractivity contribution in [1.29, 1.82) is 0 Å². The molecule has 0 aliphatic rings. The van der Waals surface area contributed by atoms with Gasteiger partial charge in [0.25, 0.3) is 0 Å². The van der Waals surface area contributed by atoms with Gasteiger partial charge in [-0.2, -0.15) is 0 Å². The maximum absolute atomic E-state index is 6.01. The number of benzene rings is 1. The lowest BCUT2D eigenvalue weighted by Gasteiger charge is -2.10. The number of aryl methyl sites for hydroxylation is 1. The summed E-state index contributed by atoms with van der Waals surface area (Å²) in [5.74, 6) is 1.79. The molecule has 0 aliphatic heterocycles. The van der Waals surface area contributed by atoms with Crippen LogP contribution in [0.2, 0.25) is 0 Å². The Kier molecular flexibility index (Phi) is 3.39. The quantitative estimate of drug-likeness (QED) is 0.868. The largest absolute Gasteiger partial charge is 0.496 e. The van der Waals surface area contributed by atoms with Crippen LogP contribution in [-0.4, -0.2) is 17.3 Å². The number of ether oxygens (including phenoxy) is 1. The van der Waals surface area contributed by atoms with Crippen LogP contribution in [0.15, 0.2) is 28.7 Å². The molecule has 1 heterocycles. The third kappa shape index (κ3) is 2.62. The smallest absolute Gasteiger partial charge is 0.233 e. The van der Waals surface area contributed by atoms with E-state index in [1.807, 2.05) is 24.3 Å². The van der Waals surface area contributed by atoms with E-state index in [9.17, 15) is 0 Å². The first kappa shape index (κ1) is 11.6. The van der Waals surface area contributed by atoms with E-state index < -0.39 is 0 Å². The molecule has 0 radical (unpaired) electrons. The lowest BCUT2D eigenvalue weighted by molar-refractivity contribution is 0.400. The number of hydrogen-bond donors (Lipinski definition) is 1. The monoisotopic (exact) mass is 233 g/mol. The first-order valence-electron chi connectivity index (χ1n) is 5.38. The first-order chi connectivity index (χ1) is 8.20. The van der Waals surface area contributed by atoms with Gasteiger partial charge in [-0.05, 0) is 11.6 Å². The van der Waals surface area contributed by atoms with Crippen molar-refractivity contribution < 1.29 is 9.15 Å².